The van der Waals surface area contributed by atoms with Crippen LogP contribution in [0.3, 0.4) is 0 Å². The van der Waals surface area contributed by atoms with E-state index in [1.807, 2.05) is 0 Å². The number of rotatable bonds is 3. The lowest BCUT2D eigenvalue weighted by atomic mass is 10.1. The summed E-state index contributed by atoms with van der Waals surface area (Å²) in [6.45, 7) is 2.28. The number of carbonyl (C=O) groups is 1. The summed E-state index contributed by atoms with van der Waals surface area (Å²) in [5, 5.41) is 12.9. The van der Waals surface area contributed by atoms with E-state index in [-0.39, 0.29) is 23.6 Å². The van der Waals surface area contributed by atoms with Crippen molar-refractivity contribution < 1.29 is 18.7 Å². The number of furan rings is 1. The van der Waals surface area contributed by atoms with Crippen molar-refractivity contribution in [1.82, 2.24) is 5.32 Å². The van der Waals surface area contributed by atoms with Crippen LogP contribution in [0.1, 0.15) is 35.4 Å². The number of aryl methyl sites for hydroxylation is 1. The van der Waals surface area contributed by atoms with Gasteiger partial charge in [0.1, 0.15) is 11.4 Å². The Labute approximate surface area is 121 Å². The number of hydrogen-bond donors (Lipinski definition) is 2. The topological polar surface area (TPSA) is 62.5 Å². The van der Waals surface area contributed by atoms with Gasteiger partial charge in [-0.25, -0.2) is 4.39 Å². The van der Waals surface area contributed by atoms with Crippen molar-refractivity contribution >= 4 is 16.9 Å². The summed E-state index contributed by atoms with van der Waals surface area (Å²) in [4.78, 5) is 12.2. The highest BCUT2D eigenvalue weighted by atomic mass is 19.1. The molecule has 1 aliphatic rings. The summed E-state index contributed by atoms with van der Waals surface area (Å²) < 4.78 is 18.8. The van der Waals surface area contributed by atoms with Crippen LogP contribution in [0, 0.1) is 18.7 Å². The van der Waals surface area contributed by atoms with Gasteiger partial charge < -0.3 is 14.8 Å². The van der Waals surface area contributed by atoms with Gasteiger partial charge in [0.15, 0.2) is 5.76 Å². The van der Waals surface area contributed by atoms with Crippen LogP contribution in [0.2, 0.25) is 0 Å². The molecular weight excluding hydrogens is 273 g/mol. The molecule has 0 bridgehead atoms. The maximum atomic E-state index is 13.3. The van der Waals surface area contributed by atoms with Crippen molar-refractivity contribution in [1.29, 1.82) is 0 Å². The number of amides is 1. The first-order valence-electron chi connectivity index (χ1n) is 7.19. The summed E-state index contributed by atoms with van der Waals surface area (Å²) in [6, 6.07) is 4.22. The first-order valence-corrected chi connectivity index (χ1v) is 7.19. The van der Waals surface area contributed by atoms with Crippen molar-refractivity contribution in [2.45, 2.75) is 32.3 Å². The lowest BCUT2D eigenvalue weighted by Crippen LogP contribution is -2.28. The number of benzene rings is 1. The molecule has 4 nitrogen and oxygen atoms in total. The number of aliphatic hydroxyl groups excluding tert-OH is 1. The average Bonchev–Trinajstić information content (AvgIpc) is 3.01. The van der Waals surface area contributed by atoms with Gasteiger partial charge in [0.05, 0.1) is 6.10 Å². The third-order valence-electron chi connectivity index (χ3n) is 4.17. The first-order chi connectivity index (χ1) is 10.0. The minimum absolute atomic E-state index is 0.231. The quantitative estimate of drug-likeness (QED) is 0.914. The van der Waals surface area contributed by atoms with Crippen LogP contribution in [0.25, 0.3) is 11.0 Å². The van der Waals surface area contributed by atoms with Crippen molar-refractivity contribution in [3.63, 3.8) is 0 Å². The molecule has 2 aromatic rings. The lowest BCUT2D eigenvalue weighted by Gasteiger charge is -2.10. The third kappa shape index (κ3) is 2.78. The molecule has 0 radical (unpaired) electrons. The molecule has 3 rings (SSSR count). The number of carbonyl (C=O) groups excluding carboxylic acids is 1. The summed E-state index contributed by atoms with van der Waals surface area (Å²) >= 11 is 0. The molecule has 0 aliphatic heterocycles. The minimum Gasteiger partial charge on any atom is -0.451 e. The Hall–Kier alpha value is -1.88. The zero-order valence-corrected chi connectivity index (χ0v) is 11.9. The van der Waals surface area contributed by atoms with Crippen LogP contribution < -0.4 is 5.32 Å². The fourth-order valence-corrected chi connectivity index (χ4v) is 2.96. The highest BCUT2D eigenvalue weighted by molar-refractivity contribution is 5.98. The molecule has 1 fully saturated rings. The first kappa shape index (κ1) is 14.1. The van der Waals surface area contributed by atoms with Gasteiger partial charge in [-0.15, -0.1) is 0 Å². The highest BCUT2D eigenvalue weighted by Crippen LogP contribution is 2.27. The van der Waals surface area contributed by atoms with Crippen molar-refractivity contribution in [3.05, 3.63) is 35.3 Å². The van der Waals surface area contributed by atoms with E-state index < -0.39 is 0 Å². The summed E-state index contributed by atoms with van der Waals surface area (Å²) in [6.07, 6.45) is 2.20. The van der Waals surface area contributed by atoms with Crippen LogP contribution in [0.4, 0.5) is 4.39 Å². The van der Waals surface area contributed by atoms with Crippen molar-refractivity contribution in [3.8, 4) is 0 Å². The Balaban J connectivity index is 1.74. The minimum atomic E-state index is -0.349. The standard InChI is InChI=1S/C16H18FNO3/c1-9-13-7-11(17)3-5-14(13)21-15(9)16(20)18-8-10-2-4-12(19)6-10/h3,5,7,10,12,19H,2,4,6,8H2,1H3,(H,18,20). The Bertz CT molecular complexity index is 679. The van der Waals surface area contributed by atoms with Crippen LogP contribution in [0.15, 0.2) is 22.6 Å². The van der Waals surface area contributed by atoms with Gasteiger partial charge in [-0.1, -0.05) is 0 Å². The van der Waals surface area contributed by atoms with Gasteiger partial charge in [0, 0.05) is 17.5 Å². The summed E-state index contributed by atoms with van der Waals surface area (Å²) in [7, 11) is 0. The molecule has 112 valence electrons. The molecule has 2 atom stereocenters. The van der Waals surface area contributed by atoms with E-state index in [0.29, 0.717) is 29.0 Å². The molecule has 21 heavy (non-hydrogen) atoms. The number of fused-ring (bicyclic) bond motifs is 1. The Morgan fingerprint density at radius 3 is 3.00 bits per heavy atom. The zero-order chi connectivity index (χ0) is 15.0. The molecule has 1 heterocycles. The van der Waals surface area contributed by atoms with E-state index in [1.165, 1.54) is 18.2 Å². The molecule has 1 aromatic heterocycles. The molecule has 1 aromatic carbocycles. The van der Waals surface area contributed by atoms with Gasteiger partial charge in [0.2, 0.25) is 0 Å². The van der Waals surface area contributed by atoms with Crippen LogP contribution in [0.5, 0.6) is 0 Å². The Morgan fingerprint density at radius 2 is 2.29 bits per heavy atom. The number of aliphatic hydroxyl groups is 1. The zero-order valence-electron chi connectivity index (χ0n) is 11.9. The Kier molecular flexibility index (Phi) is 3.68. The normalized spacial score (nSPS) is 21.9. The SMILES string of the molecule is Cc1c(C(=O)NCC2CCC(O)C2)oc2ccc(F)cc12. The second kappa shape index (κ2) is 5.48. The summed E-state index contributed by atoms with van der Waals surface area (Å²) in [5.74, 6) is -0.0935. The van der Waals surface area contributed by atoms with E-state index in [2.05, 4.69) is 5.32 Å². The van der Waals surface area contributed by atoms with E-state index in [4.69, 9.17) is 4.42 Å². The van der Waals surface area contributed by atoms with Crippen molar-refractivity contribution in [2.24, 2.45) is 5.92 Å². The molecule has 2 N–H and O–H groups in total. The smallest absolute Gasteiger partial charge is 0.287 e. The number of halogens is 1. The molecule has 2 unspecified atom stereocenters. The second-order valence-corrected chi connectivity index (χ2v) is 5.74. The summed E-state index contributed by atoms with van der Waals surface area (Å²) in [5.41, 5.74) is 1.16. The Morgan fingerprint density at radius 1 is 1.48 bits per heavy atom. The third-order valence-corrected chi connectivity index (χ3v) is 4.17. The van der Waals surface area contributed by atoms with Gasteiger partial charge in [-0.2, -0.15) is 0 Å². The highest BCUT2D eigenvalue weighted by Gasteiger charge is 2.24. The maximum absolute atomic E-state index is 13.3. The molecular formula is C16H18FNO3. The number of nitrogens with one attached hydrogen (secondary N) is 1. The predicted molar refractivity (Wildman–Crippen MR) is 76.6 cm³/mol. The van der Waals surface area contributed by atoms with Gasteiger partial charge in [-0.3, -0.25) is 4.79 Å². The fraction of sp³-hybridized carbons (Fsp3) is 0.438. The molecule has 5 heteroatoms. The molecule has 0 spiro atoms. The van der Waals surface area contributed by atoms with E-state index in [9.17, 15) is 14.3 Å². The lowest BCUT2D eigenvalue weighted by molar-refractivity contribution is 0.0918. The van der Waals surface area contributed by atoms with E-state index >= 15 is 0 Å². The van der Waals surface area contributed by atoms with E-state index in [0.717, 1.165) is 19.3 Å². The van der Waals surface area contributed by atoms with Crippen LogP contribution >= 0.6 is 0 Å². The molecule has 1 aliphatic carbocycles. The molecule has 1 saturated carbocycles. The van der Waals surface area contributed by atoms with Crippen LogP contribution in [-0.4, -0.2) is 23.7 Å². The maximum Gasteiger partial charge on any atom is 0.287 e. The van der Waals surface area contributed by atoms with Gasteiger partial charge in [-0.05, 0) is 50.3 Å². The van der Waals surface area contributed by atoms with E-state index in [1.54, 1.807) is 6.92 Å². The van der Waals surface area contributed by atoms with Crippen LogP contribution in [-0.2, 0) is 0 Å². The molecule has 0 saturated heterocycles. The average molecular weight is 291 g/mol. The number of hydrogen-bond acceptors (Lipinski definition) is 3. The van der Waals surface area contributed by atoms with Gasteiger partial charge in [0.25, 0.3) is 5.91 Å². The second-order valence-electron chi connectivity index (χ2n) is 5.74. The monoisotopic (exact) mass is 291 g/mol. The van der Waals surface area contributed by atoms with Crippen molar-refractivity contribution in [2.75, 3.05) is 6.54 Å². The van der Waals surface area contributed by atoms with Gasteiger partial charge >= 0.3 is 0 Å². The fourth-order valence-electron chi connectivity index (χ4n) is 2.96. The molecule has 1 amide bonds. The predicted octanol–water partition coefficient (Wildman–Crippen LogP) is 2.77. The largest absolute Gasteiger partial charge is 0.451 e.